The van der Waals surface area contributed by atoms with Crippen LogP contribution in [0.3, 0.4) is 0 Å². The summed E-state index contributed by atoms with van der Waals surface area (Å²) in [6, 6.07) is 9.69. The molecular formula is C19H23NO2S. The van der Waals surface area contributed by atoms with Crippen molar-refractivity contribution >= 4 is 17.2 Å². The van der Waals surface area contributed by atoms with E-state index in [9.17, 15) is 9.90 Å². The summed E-state index contributed by atoms with van der Waals surface area (Å²) in [5.74, 6) is 0.224. The van der Waals surface area contributed by atoms with Crippen LogP contribution >= 0.6 is 11.3 Å². The molecule has 1 saturated carbocycles. The molecule has 3 rings (SSSR count). The number of benzene rings is 1. The van der Waals surface area contributed by atoms with Crippen LogP contribution in [0, 0.1) is 5.92 Å². The van der Waals surface area contributed by atoms with Crippen molar-refractivity contribution in [3.8, 4) is 11.1 Å². The van der Waals surface area contributed by atoms with Crippen LogP contribution in [-0.4, -0.2) is 23.7 Å². The molecule has 122 valence electrons. The highest BCUT2D eigenvalue weighted by molar-refractivity contribution is 7.08. The Balaban J connectivity index is 1.53. The number of rotatable bonds is 5. The minimum atomic E-state index is -0.427. The molecule has 4 heteroatoms. The van der Waals surface area contributed by atoms with Crippen molar-refractivity contribution in [1.82, 2.24) is 5.32 Å². The largest absolute Gasteiger partial charge is 0.391 e. The number of aliphatic hydroxyl groups is 1. The van der Waals surface area contributed by atoms with Gasteiger partial charge in [-0.05, 0) is 58.8 Å². The zero-order valence-electron chi connectivity index (χ0n) is 13.2. The van der Waals surface area contributed by atoms with E-state index in [0.717, 1.165) is 18.4 Å². The van der Waals surface area contributed by atoms with E-state index in [-0.39, 0.29) is 5.91 Å². The van der Waals surface area contributed by atoms with Crippen molar-refractivity contribution in [1.29, 1.82) is 0 Å². The molecule has 1 aliphatic rings. The zero-order chi connectivity index (χ0) is 16.1. The summed E-state index contributed by atoms with van der Waals surface area (Å²) < 4.78 is 0. The van der Waals surface area contributed by atoms with E-state index in [1.54, 1.807) is 11.3 Å². The van der Waals surface area contributed by atoms with E-state index < -0.39 is 6.10 Å². The van der Waals surface area contributed by atoms with Gasteiger partial charge in [0.2, 0.25) is 0 Å². The van der Waals surface area contributed by atoms with E-state index in [4.69, 9.17) is 0 Å². The van der Waals surface area contributed by atoms with Gasteiger partial charge in [0.15, 0.2) is 0 Å². The second kappa shape index (κ2) is 7.75. The summed E-state index contributed by atoms with van der Waals surface area (Å²) in [7, 11) is 0. The normalized spacial score (nSPS) is 16.9. The number of carbonyl (C=O) groups excluding carboxylic acids is 1. The van der Waals surface area contributed by atoms with Gasteiger partial charge in [-0.1, -0.05) is 31.4 Å². The molecule has 1 amide bonds. The summed E-state index contributed by atoms with van der Waals surface area (Å²) in [4.78, 5) is 12.2. The van der Waals surface area contributed by atoms with Gasteiger partial charge in [-0.3, -0.25) is 4.79 Å². The SMILES string of the molecule is O=C(NCC(O)C1CCCCC1)c1ccc(-c2ccsc2)cc1. The average Bonchev–Trinajstić information content (AvgIpc) is 3.15. The molecule has 1 fully saturated rings. The number of hydrogen-bond acceptors (Lipinski definition) is 3. The van der Waals surface area contributed by atoms with Gasteiger partial charge in [0.05, 0.1) is 6.10 Å². The standard InChI is InChI=1S/C19H23NO2S/c21-18(15-4-2-1-3-5-15)12-20-19(22)16-8-6-14(7-9-16)17-10-11-23-13-17/h6-11,13,15,18,21H,1-5,12H2,(H,20,22). The molecule has 1 aliphatic carbocycles. The van der Waals surface area contributed by atoms with Gasteiger partial charge in [-0.2, -0.15) is 11.3 Å². The van der Waals surface area contributed by atoms with Crippen molar-refractivity contribution < 1.29 is 9.90 Å². The third kappa shape index (κ3) is 4.21. The summed E-state index contributed by atoms with van der Waals surface area (Å²) in [5.41, 5.74) is 2.93. The zero-order valence-corrected chi connectivity index (χ0v) is 14.0. The van der Waals surface area contributed by atoms with Crippen molar-refractivity contribution in [3.05, 3.63) is 46.7 Å². The molecule has 1 atom stereocenters. The van der Waals surface area contributed by atoms with Gasteiger partial charge >= 0.3 is 0 Å². The van der Waals surface area contributed by atoms with Crippen LogP contribution in [0.5, 0.6) is 0 Å². The van der Waals surface area contributed by atoms with Gasteiger partial charge in [-0.15, -0.1) is 0 Å². The summed E-state index contributed by atoms with van der Waals surface area (Å²) in [6.45, 7) is 0.343. The first-order valence-corrected chi connectivity index (χ1v) is 9.27. The third-order valence-electron chi connectivity index (χ3n) is 4.67. The third-order valence-corrected chi connectivity index (χ3v) is 5.35. The van der Waals surface area contributed by atoms with E-state index >= 15 is 0 Å². The molecule has 2 N–H and O–H groups in total. The maximum absolute atomic E-state index is 12.2. The van der Waals surface area contributed by atoms with Crippen LogP contribution in [0.25, 0.3) is 11.1 Å². The maximum Gasteiger partial charge on any atom is 0.251 e. The number of carbonyl (C=O) groups is 1. The number of amides is 1. The van der Waals surface area contributed by atoms with Crippen molar-refractivity contribution in [3.63, 3.8) is 0 Å². The molecule has 23 heavy (non-hydrogen) atoms. The number of thiophene rings is 1. The number of aliphatic hydroxyl groups excluding tert-OH is 1. The van der Waals surface area contributed by atoms with Crippen LogP contribution in [0.15, 0.2) is 41.1 Å². The Morgan fingerprint density at radius 3 is 2.52 bits per heavy atom. The Hall–Kier alpha value is -1.65. The molecule has 0 spiro atoms. The minimum Gasteiger partial charge on any atom is -0.391 e. The van der Waals surface area contributed by atoms with E-state index in [2.05, 4.69) is 16.8 Å². The van der Waals surface area contributed by atoms with E-state index in [1.165, 1.54) is 24.8 Å². The highest BCUT2D eigenvalue weighted by Crippen LogP contribution is 2.26. The van der Waals surface area contributed by atoms with Gasteiger partial charge in [-0.25, -0.2) is 0 Å². The molecule has 0 saturated heterocycles. The predicted molar refractivity (Wildman–Crippen MR) is 94.7 cm³/mol. The van der Waals surface area contributed by atoms with Crippen LogP contribution in [-0.2, 0) is 0 Å². The smallest absolute Gasteiger partial charge is 0.251 e. The predicted octanol–water partition coefficient (Wildman–Crippen LogP) is 4.09. The fraction of sp³-hybridized carbons (Fsp3) is 0.421. The molecule has 0 bridgehead atoms. The first kappa shape index (κ1) is 16.2. The molecule has 1 unspecified atom stereocenters. The van der Waals surface area contributed by atoms with Crippen LogP contribution in [0.2, 0.25) is 0 Å². The van der Waals surface area contributed by atoms with Crippen molar-refractivity contribution in [2.24, 2.45) is 5.92 Å². The first-order valence-electron chi connectivity index (χ1n) is 8.33. The Labute approximate surface area is 141 Å². The first-order chi connectivity index (χ1) is 11.2. The Morgan fingerprint density at radius 1 is 1.13 bits per heavy atom. The monoisotopic (exact) mass is 329 g/mol. The topological polar surface area (TPSA) is 49.3 Å². The molecule has 1 aromatic carbocycles. The molecule has 2 aromatic rings. The van der Waals surface area contributed by atoms with Crippen LogP contribution in [0.4, 0.5) is 0 Å². The molecule has 3 nitrogen and oxygen atoms in total. The average molecular weight is 329 g/mol. The highest BCUT2D eigenvalue weighted by atomic mass is 32.1. The second-order valence-electron chi connectivity index (χ2n) is 6.26. The van der Waals surface area contributed by atoms with Gasteiger partial charge in [0.1, 0.15) is 0 Å². The van der Waals surface area contributed by atoms with Crippen LogP contribution in [0.1, 0.15) is 42.5 Å². The van der Waals surface area contributed by atoms with Crippen molar-refractivity contribution in [2.45, 2.75) is 38.2 Å². The lowest BCUT2D eigenvalue weighted by Gasteiger charge is -2.26. The summed E-state index contributed by atoms with van der Waals surface area (Å²) in [6.07, 6.45) is 5.38. The summed E-state index contributed by atoms with van der Waals surface area (Å²) in [5, 5.41) is 17.2. The number of nitrogens with one attached hydrogen (secondary N) is 1. The second-order valence-corrected chi connectivity index (χ2v) is 7.04. The Morgan fingerprint density at radius 2 is 1.87 bits per heavy atom. The highest BCUT2D eigenvalue weighted by Gasteiger charge is 2.22. The lowest BCUT2D eigenvalue weighted by Crippen LogP contribution is -2.37. The minimum absolute atomic E-state index is 0.114. The number of hydrogen-bond donors (Lipinski definition) is 2. The quantitative estimate of drug-likeness (QED) is 0.868. The molecule has 0 radical (unpaired) electrons. The maximum atomic E-state index is 12.2. The van der Waals surface area contributed by atoms with Crippen molar-refractivity contribution in [2.75, 3.05) is 6.54 Å². The molecule has 1 heterocycles. The molecular weight excluding hydrogens is 306 g/mol. The molecule has 0 aliphatic heterocycles. The Kier molecular flexibility index (Phi) is 5.47. The lowest BCUT2D eigenvalue weighted by molar-refractivity contribution is 0.0738. The van der Waals surface area contributed by atoms with Gasteiger partial charge in [0, 0.05) is 12.1 Å². The lowest BCUT2D eigenvalue weighted by atomic mass is 9.85. The summed E-state index contributed by atoms with van der Waals surface area (Å²) >= 11 is 1.66. The van der Waals surface area contributed by atoms with Gasteiger partial charge < -0.3 is 10.4 Å². The fourth-order valence-corrected chi connectivity index (χ4v) is 3.89. The van der Waals surface area contributed by atoms with Crippen LogP contribution < -0.4 is 5.32 Å². The van der Waals surface area contributed by atoms with Gasteiger partial charge in [0.25, 0.3) is 5.91 Å². The Bertz CT molecular complexity index is 615. The fourth-order valence-electron chi connectivity index (χ4n) is 3.23. The molecule has 1 aromatic heterocycles. The van der Waals surface area contributed by atoms with E-state index in [0.29, 0.717) is 18.0 Å². The van der Waals surface area contributed by atoms with E-state index in [1.807, 2.05) is 29.6 Å².